The zero-order valence-electron chi connectivity index (χ0n) is 10.6. The first-order valence-corrected chi connectivity index (χ1v) is 6.91. The van der Waals surface area contributed by atoms with Crippen LogP contribution in [0, 0.1) is 5.92 Å². The lowest BCUT2D eigenvalue weighted by Gasteiger charge is -2.44. The molecule has 0 amide bonds. The molecular weight excluding hydrogens is 216 g/mol. The predicted octanol–water partition coefficient (Wildman–Crippen LogP) is 1.14. The normalized spacial score (nSPS) is 29.7. The Kier molecular flexibility index (Phi) is 4.80. The number of esters is 1. The number of piperidine rings is 2. The molecule has 0 saturated carbocycles. The standard InChI is InChI=1S/C13H24N2O2/c14-7-6-13(16)17-10-11-4-3-9-15-8-2-1-5-12(11)15/h11-12H,1-10,14H2/t11-,12-/m0/s1. The number of ether oxygens (including phenoxy) is 1. The van der Waals surface area contributed by atoms with Gasteiger partial charge in [-0.25, -0.2) is 0 Å². The van der Waals surface area contributed by atoms with E-state index >= 15 is 0 Å². The fourth-order valence-electron chi connectivity index (χ4n) is 3.16. The van der Waals surface area contributed by atoms with E-state index in [2.05, 4.69) is 4.90 Å². The van der Waals surface area contributed by atoms with Crippen molar-refractivity contribution < 1.29 is 9.53 Å². The van der Waals surface area contributed by atoms with E-state index in [-0.39, 0.29) is 5.97 Å². The first-order valence-electron chi connectivity index (χ1n) is 6.91. The van der Waals surface area contributed by atoms with Gasteiger partial charge in [0.05, 0.1) is 13.0 Å². The van der Waals surface area contributed by atoms with Crippen molar-refractivity contribution in [3.8, 4) is 0 Å². The number of nitrogens with zero attached hydrogens (tertiary/aromatic N) is 1. The minimum absolute atomic E-state index is 0.138. The van der Waals surface area contributed by atoms with Crippen LogP contribution in [0.1, 0.15) is 38.5 Å². The number of hydrogen-bond acceptors (Lipinski definition) is 4. The summed E-state index contributed by atoms with van der Waals surface area (Å²) in [7, 11) is 0. The van der Waals surface area contributed by atoms with Crippen molar-refractivity contribution in [1.29, 1.82) is 0 Å². The molecule has 0 aliphatic carbocycles. The van der Waals surface area contributed by atoms with E-state index < -0.39 is 0 Å². The van der Waals surface area contributed by atoms with Crippen LogP contribution in [0.4, 0.5) is 0 Å². The predicted molar refractivity (Wildman–Crippen MR) is 66.6 cm³/mol. The van der Waals surface area contributed by atoms with Gasteiger partial charge in [0.2, 0.25) is 0 Å². The van der Waals surface area contributed by atoms with Crippen molar-refractivity contribution in [2.75, 3.05) is 26.2 Å². The molecule has 98 valence electrons. The van der Waals surface area contributed by atoms with Crippen LogP contribution in [-0.4, -0.2) is 43.2 Å². The molecule has 2 aliphatic rings. The van der Waals surface area contributed by atoms with E-state index in [1.807, 2.05) is 0 Å². The third-order valence-corrected chi connectivity index (χ3v) is 4.04. The van der Waals surface area contributed by atoms with E-state index in [0.717, 1.165) is 0 Å². The van der Waals surface area contributed by atoms with Gasteiger partial charge in [-0.2, -0.15) is 0 Å². The average Bonchev–Trinajstić information content (AvgIpc) is 2.36. The van der Waals surface area contributed by atoms with Crippen LogP contribution in [0.2, 0.25) is 0 Å². The van der Waals surface area contributed by atoms with Crippen LogP contribution in [-0.2, 0) is 9.53 Å². The zero-order valence-corrected chi connectivity index (χ0v) is 10.6. The van der Waals surface area contributed by atoms with Gasteiger partial charge in [0, 0.05) is 18.5 Å². The minimum Gasteiger partial charge on any atom is -0.465 e. The molecule has 2 fully saturated rings. The highest BCUT2D eigenvalue weighted by Gasteiger charge is 2.33. The first-order chi connectivity index (χ1) is 8.31. The summed E-state index contributed by atoms with van der Waals surface area (Å²) in [6, 6.07) is 0.656. The summed E-state index contributed by atoms with van der Waals surface area (Å²) in [5, 5.41) is 0. The van der Waals surface area contributed by atoms with Crippen LogP contribution in [0.15, 0.2) is 0 Å². The van der Waals surface area contributed by atoms with Crippen molar-refractivity contribution in [2.24, 2.45) is 11.7 Å². The van der Waals surface area contributed by atoms with E-state index in [1.54, 1.807) is 0 Å². The van der Waals surface area contributed by atoms with Gasteiger partial charge in [-0.3, -0.25) is 9.69 Å². The molecule has 0 aromatic carbocycles. The van der Waals surface area contributed by atoms with Crippen LogP contribution in [0.3, 0.4) is 0 Å². The molecule has 2 aliphatic heterocycles. The molecule has 0 aromatic heterocycles. The fraction of sp³-hybridized carbons (Fsp3) is 0.923. The fourth-order valence-corrected chi connectivity index (χ4v) is 3.16. The molecule has 2 saturated heterocycles. The molecule has 2 atom stereocenters. The number of hydrogen-bond donors (Lipinski definition) is 1. The Morgan fingerprint density at radius 1 is 1.24 bits per heavy atom. The molecule has 17 heavy (non-hydrogen) atoms. The SMILES string of the molecule is NCCC(=O)OC[C@@H]1CCCN2CCCC[C@@H]12. The molecule has 2 N–H and O–H groups in total. The monoisotopic (exact) mass is 240 g/mol. The summed E-state index contributed by atoms with van der Waals surface area (Å²) in [6.45, 7) is 3.45. The Morgan fingerprint density at radius 3 is 2.88 bits per heavy atom. The third-order valence-electron chi connectivity index (χ3n) is 4.04. The highest BCUT2D eigenvalue weighted by Crippen LogP contribution is 2.30. The Morgan fingerprint density at radius 2 is 2.06 bits per heavy atom. The van der Waals surface area contributed by atoms with E-state index in [4.69, 9.17) is 10.5 Å². The van der Waals surface area contributed by atoms with Crippen molar-refractivity contribution in [3.05, 3.63) is 0 Å². The molecule has 0 unspecified atom stereocenters. The quantitative estimate of drug-likeness (QED) is 0.749. The lowest BCUT2D eigenvalue weighted by molar-refractivity contribution is -0.146. The van der Waals surface area contributed by atoms with Crippen molar-refractivity contribution in [1.82, 2.24) is 4.90 Å². The van der Waals surface area contributed by atoms with Crippen LogP contribution in [0.5, 0.6) is 0 Å². The second-order valence-electron chi connectivity index (χ2n) is 5.22. The Hall–Kier alpha value is -0.610. The van der Waals surface area contributed by atoms with Gasteiger partial charge in [-0.1, -0.05) is 6.42 Å². The van der Waals surface area contributed by atoms with Crippen molar-refractivity contribution >= 4 is 5.97 Å². The Balaban J connectivity index is 1.80. The summed E-state index contributed by atoms with van der Waals surface area (Å²) in [6.07, 6.45) is 6.73. The maximum atomic E-state index is 11.3. The Labute approximate surface area is 103 Å². The second-order valence-corrected chi connectivity index (χ2v) is 5.22. The summed E-state index contributed by atoms with van der Waals surface area (Å²) in [5.41, 5.74) is 5.34. The van der Waals surface area contributed by atoms with Crippen molar-refractivity contribution in [3.63, 3.8) is 0 Å². The summed E-state index contributed by atoms with van der Waals surface area (Å²) < 4.78 is 5.33. The average molecular weight is 240 g/mol. The topological polar surface area (TPSA) is 55.6 Å². The molecule has 2 heterocycles. The van der Waals surface area contributed by atoms with Crippen LogP contribution < -0.4 is 5.73 Å². The highest BCUT2D eigenvalue weighted by atomic mass is 16.5. The number of rotatable bonds is 4. The largest absolute Gasteiger partial charge is 0.465 e. The number of nitrogens with two attached hydrogens (primary N) is 1. The lowest BCUT2D eigenvalue weighted by Crippen LogP contribution is -2.49. The molecule has 4 heteroatoms. The maximum absolute atomic E-state index is 11.3. The van der Waals surface area contributed by atoms with Gasteiger partial charge < -0.3 is 10.5 Å². The summed E-state index contributed by atoms with van der Waals surface area (Å²) in [4.78, 5) is 13.9. The maximum Gasteiger partial charge on any atom is 0.307 e. The van der Waals surface area contributed by atoms with Crippen molar-refractivity contribution in [2.45, 2.75) is 44.6 Å². The molecule has 2 rings (SSSR count). The number of carbonyl (C=O) groups is 1. The molecule has 0 radical (unpaired) electrons. The smallest absolute Gasteiger partial charge is 0.307 e. The summed E-state index contributed by atoms with van der Waals surface area (Å²) in [5.74, 6) is 0.409. The van der Waals surface area contributed by atoms with Gasteiger partial charge in [-0.05, 0) is 38.8 Å². The summed E-state index contributed by atoms with van der Waals surface area (Å²) >= 11 is 0. The minimum atomic E-state index is -0.138. The van der Waals surface area contributed by atoms with Gasteiger partial charge in [-0.15, -0.1) is 0 Å². The van der Waals surface area contributed by atoms with E-state index in [0.29, 0.717) is 31.5 Å². The number of carbonyl (C=O) groups excluding carboxylic acids is 1. The van der Waals surface area contributed by atoms with E-state index in [1.165, 1.54) is 45.2 Å². The van der Waals surface area contributed by atoms with Gasteiger partial charge >= 0.3 is 5.97 Å². The first kappa shape index (κ1) is 12.8. The van der Waals surface area contributed by atoms with E-state index in [9.17, 15) is 4.79 Å². The Bertz CT molecular complexity index is 256. The second kappa shape index (κ2) is 6.36. The van der Waals surface area contributed by atoms with Crippen LogP contribution in [0.25, 0.3) is 0 Å². The molecule has 4 nitrogen and oxygen atoms in total. The molecular formula is C13H24N2O2. The molecule has 0 aromatic rings. The molecule has 0 spiro atoms. The van der Waals surface area contributed by atoms with Gasteiger partial charge in [0.1, 0.15) is 0 Å². The van der Waals surface area contributed by atoms with Crippen LogP contribution >= 0.6 is 0 Å². The lowest BCUT2D eigenvalue weighted by atomic mass is 9.84. The zero-order chi connectivity index (χ0) is 12.1. The number of fused-ring (bicyclic) bond motifs is 1. The highest BCUT2D eigenvalue weighted by molar-refractivity contribution is 5.69. The molecule has 0 bridgehead atoms. The van der Waals surface area contributed by atoms with Gasteiger partial charge in [0.15, 0.2) is 0 Å². The third kappa shape index (κ3) is 3.42. The van der Waals surface area contributed by atoms with Gasteiger partial charge in [0.25, 0.3) is 0 Å².